The number of hydrogen-bond donors (Lipinski definition) is 1. The van der Waals surface area contributed by atoms with E-state index in [1.165, 1.54) is 5.56 Å². The summed E-state index contributed by atoms with van der Waals surface area (Å²) in [4.78, 5) is 0. The molecule has 0 saturated carbocycles. The van der Waals surface area contributed by atoms with Crippen molar-refractivity contribution in [2.75, 3.05) is 13.7 Å². The van der Waals surface area contributed by atoms with E-state index in [1.54, 1.807) is 7.11 Å². The summed E-state index contributed by atoms with van der Waals surface area (Å²) in [5.41, 5.74) is 2.29. The van der Waals surface area contributed by atoms with Crippen LogP contribution in [0, 0.1) is 6.92 Å². The molecule has 0 saturated heterocycles. The van der Waals surface area contributed by atoms with Gasteiger partial charge in [-0.3, -0.25) is 4.68 Å². The van der Waals surface area contributed by atoms with Crippen LogP contribution in [0.25, 0.3) is 6.08 Å². The highest BCUT2D eigenvalue weighted by Gasteiger charge is 2.02. The van der Waals surface area contributed by atoms with Crippen LogP contribution in [-0.2, 0) is 6.54 Å². The summed E-state index contributed by atoms with van der Waals surface area (Å²) in [7, 11) is 1.69. The standard InChI is InChI=1S/C17H23N3O/c1-14-11-19-20(12-14)13-15(2)18-10-6-8-16-7-4-5-9-17(16)21-3/h4-9,11-12,15,18H,10,13H2,1-3H3. The number of benzene rings is 1. The molecule has 1 N–H and O–H groups in total. The van der Waals surface area contributed by atoms with Gasteiger partial charge in [0, 0.05) is 24.3 Å². The van der Waals surface area contributed by atoms with Crippen LogP contribution in [0.15, 0.2) is 42.7 Å². The lowest BCUT2D eigenvalue weighted by atomic mass is 10.2. The molecule has 4 heteroatoms. The van der Waals surface area contributed by atoms with Crippen molar-refractivity contribution >= 4 is 6.08 Å². The van der Waals surface area contributed by atoms with Gasteiger partial charge < -0.3 is 10.1 Å². The molecule has 0 aliphatic heterocycles. The highest BCUT2D eigenvalue weighted by atomic mass is 16.5. The average Bonchev–Trinajstić information content (AvgIpc) is 2.89. The number of nitrogens with one attached hydrogen (secondary N) is 1. The number of hydrogen-bond acceptors (Lipinski definition) is 3. The number of nitrogens with zero attached hydrogens (tertiary/aromatic N) is 2. The van der Waals surface area contributed by atoms with Gasteiger partial charge in [0.15, 0.2) is 0 Å². The Bertz CT molecular complexity index is 589. The monoisotopic (exact) mass is 285 g/mol. The van der Waals surface area contributed by atoms with E-state index < -0.39 is 0 Å². The Morgan fingerprint density at radius 2 is 2.19 bits per heavy atom. The maximum atomic E-state index is 5.32. The van der Waals surface area contributed by atoms with Gasteiger partial charge in [-0.25, -0.2) is 0 Å². The first-order valence-corrected chi connectivity index (χ1v) is 7.21. The molecular formula is C17H23N3O. The van der Waals surface area contributed by atoms with Gasteiger partial charge >= 0.3 is 0 Å². The predicted octanol–water partition coefficient (Wildman–Crippen LogP) is 2.89. The number of rotatable bonds is 7. The number of aromatic nitrogens is 2. The smallest absolute Gasteiger partial charge is 0.126 e. The Morgan fingerprint density at radius 3 is 2.90 bits per heavy atom. The molecule has 0 fully saturated rings. The van der Waals surface area contributed by atoms with Crippen LogP contribution in [0.1, 0.15) is 18.1 Å². The van der Waals surface area contributed by atoms with Crippen LogP contribution in [0.4, 0.5) is 0 Å². The average molecular weight is 285 g/mol. The van der Waals surface area contributed by atoms with Gasteiger partial charge in [0.25, 0.3) is 0 Å². The molecular weight excluding hydrogens is 262 g/mol. The van der Waals surface area contributed by atoms with E-state index in [9.17, 15) is 0 Å². The summed E-state index contributed by atoms with van der Waals surface area (Å²) in [5.74, 6) is 0.897. The van der Waals surface area contributed by atoms with Crippen LogP contribution in [0.2, 0.25) is 0 Å². The fraction of sp³-hybridized carbons (Fsp3) is 0.353. The predicted molar refractivity (Wildman–Crippen MR) is 86.5 cm³/mol. The molecule has 1 atom stereocenters. The molecule has 1 aromatic heterocycles. The van der Waals surface area contributed by atoms with Gasteiger partial charge in [0.1, 0.15) is 5.75 Å². The van der Waals surface area contributed by atoms with Crippen LogP contribution in [0.5, 0.6) is 5.75 Å². The maximum absolute atomic E-state index is 5.32. The van der Waals surface area contributed by atoms with Gasteiger partial charge in [0.05, 0.1) is 19.9 Å². The first-order valence-electron chi connectivity index (χ1n) is 7.21. The fourth-order valence-electron chi connectivity index (χ4n) is 2.17. The van der Waals surface area contributed by atoms with Crippen LogP contribution >= 0.6 is 0 Å². The zero-order chi connectivity index (χ0) is 15.1. The summed E-state index contributed by atoms with van der Waals surface area (Å²) in [6.45, 7) is 5.90. The molecule has 0 bridgehead atoms. The third-order valence-corrected chi connectivity index (χ3v) is 3.24. The SMILES string of the molecule is COc1ccccc1C=CCNC(C)Cn1cc(C)cn1. The van der Waals surface area contributed by atoms with Gasteiger partial charge in [-0.1, -0.05) is 30.4 Å². The van der Waals surface area contributed by atoms with Crippen molar-refractivity contribution in [3.05, 3.63) is 53.9 Å². The van der Waals surface area contributed by atoms with Gasteiger partial charge in [-0.15, -0.1) is 0 Å². The van der Waals surface area contributed by atoms with E-state index >= 15 is 0 Å². The summed E-state index contributed by atoms with van der Waals surface area (Å²) in [6.07, 6.45) is 8.14. The van der Waals surface area contributed by atoms with E-state index in [0.717, 1.165) is 24.4 Å². The minimum Gasteiger partial charge on any atom is -0.496 e. The molecule has 0 aliphatic rings. The number of methoxy groups -OCH3 is 1. The quantitative estimate of drug-likeness (QED) is 0.850. The van der Waals surface area contributed by atoms with Gasteiger partial charge in [-0.05, 0) is 25.5 Å². The number of ether oxygens (including phenoxy) is 1. The van der Waals surface area contributed by atoms with Gasteiger partial charge in [-0.2, -0.15) is 5.10 Å². The van der Waals surface area contributed by atoms with Crippen LogP contribution < -0.4 is 10.1 Å². The van der Waals surface area contributed by atoms with E-state index in [-0.39, 0.29) is 0 Å². The molecule has 0 aliphatic carbocycles. The molecule has 2 aromatic rings. The van der Waals surface area contributed by atoms with E-state index in [1.807, 2.05) is 35.1 Å². The van der Waals surface area contributed by atoms with Crippen molar-refractivity contribution in [3.63, 3.8) is 0 Å². The molecule has 0 spiro atoms. The summed E-state index contributed by atoms with van der Waals surface area (Å²) >= 11 is 0. The molecule has 1 unspecified atom stereocenters. The highest BCUT2D eigenvalue weighted by molar-refractivity contribution is 5.57. The van der Waals surface area contributed by atoms with Crippen molar-refractivity contribution in [2.45, 2.75) is 26.4 Å². The Labute approximate surface area is 126 Å². The second-order valence-corrected chi connectivity index (χ2v) is 5.19. The van der Waals surface area contributed by atoms with Crippen molar-refractivity contribution in [2.24, 2.45) is 0 Å². The summed E-state index contributed by atoms with van der Waals surface area (Å²) in [5, 5.41) is 7.76. The Balaban J connectivity index is 1.79. The zero-order valence-electron chi connectivity index (χ0n) is 12.9. The molecule has 1 aromatic carbocycles. The Kier molecular flexibility index (Phi) is 5.58. The third kappa shape index (κ3) is 4.76. The number of aryl methyl sites for hydroxylation is 1. The number of para-hydroxylation sites is 1. The molecule has 0 radical (unpaired) electrons. The normalized spacial score (nSPS) is 12.7. The molecule has 1 heterocycles. The first-order chi connectivity index (χ1) is 10.2. The van der Waals surface area contributed by atoms with Crippen molar-refractivity contribution in [1.82, 2.24) is 15.1 Å². The fourth-order valence-corrected chi connectivity index (χ4v) is 2.17. The molecule has 0 amide bonds. The summed E-state index contributed by atoms with van der Waals surface area (Å²) < 4.78 is 7.29. The van der Waals surface area contributed by atoms with Crippen molar-refractivity contribution in [1.29, 1.82) is 0 Å². The van der Waals surface area contributed by atoms with Crippen LogP contribution in [-0.4, -0.2) is 29.5 Å². The molecule has 4 nitrogen and oxygen atoms in total. The van der Waals surface area contributed by atoms with Gasteiger partial charge in [0.2, 0.25) is 0 Å². The highest BCUT2D eigenvalue weighted by Crippen LogP contribution is 2.18. The second-order valence-electron chi connectivity index (χ2n) is 5.19. The van der Waals surface area contributed by atoms with E-state index in [2.05, 4.69) is 42.6 Å². The second kappa shape index (κ2) is 7.64. The lowest BCUT2D eigenvalue weighted by molar-refractivity contribution is 0.414. The minimum atomic E-state index is 0.367. The van der Waals surface area contributed by atoms with E-state index in [0.29, 0.717) is 6.04 Å². The minimum absolute atomic E-state index is 0.367. The Morgan fingerprint density at radius 1 is 1.38 bits per heavy atom. The van der Waals surface area contributed by atoms with E-state index in [4.69, 9.17) is 4.74 Å². The van der Waals surface area contributed by atoms with Crippen LogP contribution in [0.3, 0.4) is 0 Å². The maximum Gasteiger partial charge on any atom is 0.126 e. The first kappa shape index (κ1) is 15.3. The largest absolute Gasteiger partial charge is 0.496 e. The topological polar surface area (TPSA) is 39.1 Å². The summed E-state index contributed by atoms with van der Waals surface area (Å²) in [6, 6.07) is 8.37. The van der Waals surface area contributed by atoms with Crippen molar-refractivity contribution < 1.29 is 4.74 Å². The molecule has 112 valence electrons. The lowest BCUT2D eigenvalue weighted by Gasteiger charge is -2.12. The lowest BCUT2D eigenvalue weighted by Crippen LogP contribution is -2.30. The zero-order valence-corrected chi connectivity index (χ0v) is 12.9. The molecule has 21 heavy (non-hydrogen) atoms. The van der Waals surface area contributed by atoms with Crippen molar-refractivity contribution in [3.8, 4) is 5.75 Å². The third-order valence-electron chi connectivity index (χ3n) is 3.24. The molecule has 2 rings (SSSR count). The Hall–Kier alpha value is -2.07.